The van der Waals surface area contributed by atoms with E-state index in [2.05, 4.69) is 57.2 Å². The molecule has 0 aliphatic heterocycles. The van der Waals surface area contributed by atoms with Crippen molar-refractivity contribution in [1.29, 1.82) is 0 Å². The van der Waals surface area contributed by atoms with Crippen LogP contribution in [0.2, 0.25) is 0 Å². The van der Waals surface area contributed by atoms with Crippen molar-refractivity contribution in [2.75, 3.05) is 0 Å². The third kappa shape index (κ3) is 8.35. The van der Waals surface area contributed by atoms with Gasteiger partial charge in [-0.25, -0.2) is 11.6 Å². The minimum Gasteiger partial charge on any atom is -0.270 e. The summed E-state index contributed by atoms with van der Waals surface area (Å²) in [6.07, 6.45) is 19.0. The molecule has 2 rings (SSSR count). The van der Waals surface area contributed by atoms with E-state index in [-0.39, 0.29) is 20.1 Å². The van der Waals surface area contributed by atoms with Gasteiger partial charge in [0.15, 0.2) is 0 Å². The Morgan fingerprint density at radius 2 is 2.06 bits per heavy atom. The molecule has 17 heavy (non-hydrogen) atoms. The summed E-state index contributed by atoms with van der Waals surface area (Å²) >= 11 is 0. The van der Waals surface area contributed by atoms with Crippen molar-refractivity contribution in [2.45, 2.75) is 46.5 Å². The number of allylic oxidation sites excluding steroid dienone is 8. The molecule has 0 amide bonds. The predicted octanol–water partition coefficient (Wildman–Crippen LogP) is 5.00. The summed E-state index contributed by atoms with van der Waals surface area (Å²) in [5, 5.41) is 0. The van der Waals surface area contributed by atoms with E-state index in [0.717, 1.165) is 12.3 Å². The Kier molecular flexibility index (Phi) is 9.40. The summed E-state index contributed by atoms with van der Waals surface area (Å²) in [5.41, 5.74) is 2.79. The van der Waals surface area contributed by atoms with Crippen molar-refractivity contribution < 1.29 is 20.1 Å². The zero-order chi connectivity index (χ0) is 11.8. The number of hydrogen-bond donors (Lipinski definition) is 0. The maximum atomic E-state index is 3.12. The maximum Gasteiger partial charge on any atom is 0 e. The van der Waals surface area contributed by atoms with Crippen LogP contribution in [0.5, 0.6) is 0 Å². The summed E-state index contributed by atoms with van der Waals surface area (Å²) in [6.45, 7) is 6.55. The Morgan fingerprint density at radius 3 is 2.59 bits per heavy atom. The van der Waals surface area contributed by atoms with Crippen molar-refractivity contribution in [3.63, 3.8) is 0 Å². The van der Waals surface area contributed by atoms with Crippen molar-refractivity contribution in [3.05, 3.63) is 47.6 Å². The first-order chi connectivity index (χ1) is 7.68. The van der Waals surface area contributed by atoms with E-state index in [4.69, 9.17) is 0 Å². The zero-order valence-corrected chi connectivity index (χ0v) is 13.5. The first kappa shape index (κ1) is 16.6. The van der Waals surface area contributed by atoms with Crippen LogP contribution in [0, 0.1) is 12.0 Å². The zero-order valence-electron chi connectivity index (χ0n) is 11.1. The van der Waals surface area contributed by atoms with E-state index in [9.17, 15) is 0 Å². The fraction of sp³-hybridized carbons (Fsp3) is 0.500. The van der Waals surface area contributed by atoms with Gasteiger partial charge in [0.25, 0.3) is 0 Å². The van der Waals surface area contributed by atoms with E-state index < -0.39 is 0 Å². The molecular formula is C16H23Ir-. The summed E-state index contributed by atoms with van der Waals surface area (Å²) in [7, 11) is 0. The second-order valence-electron chi connectivity index (χ2n) is 4.73. The fourth-order valence-electron chi connectivity index (χ4n) is 1.81. The molecular weight excluding hydrogens is 384 g/mol. The Hall–Kier alpha value is -0.391. The quantitative estimate of drug-likeness (QED) is 0.496. The molecule has 0 fully saturated rings. The number of hydrogen-bond acceptors (Lipinski definition) is 0. The van der Waals surface area contributed by atoms with Crippen molar-refractivity contribution >= 4 is 0 Å². The molecule has 0 aromatic carbocycles. The molecule has 0 heterocycles. The van der Waals surface area contributed by atoms with Crippen LogP contribution >= 0.6 is 0 Å². The van der Waals surface area contributed by atoms with Crippen molar-refractivity contribution in [1.82, 2.24) is 0 Å². The van der Waals surface area contributed by atoms with Crippen LogP contribution in [0.3, 0.4) is 0 Å². The molecule has 1 unspecified atom stereocenters. The Morgan fingerprint density at radius 1 is 1.29 bits per heavy atom. The Labute approximate surface area is 120 Å². The molecule has 0 nitrogen and oxygen atoms in total. The van der Waals surface area contributed by atoms with E-state index in [1.165, 1.54) is 30.4 Å². The van der Waals surface area contributed by atoms with Gasteiger partial charge < -0.3 is 0 Å². The largest absolute Gasteiger partial charge is 0.270 e. The molecule has 0 aromatic heterocycles. The van der Waals surface area contributed by atoms with Gasteiger partial charge in [-0.05, 0) is 32.1 Å². The molecule has 0 aromatic rings. The monoisotopic (exact) mass is 408 g/mol. The average molecular weight is 408 g/mol. The SMILES string of the molecule is C/C1=C/C=C\C(C)CCC1.CC1=[C-]CC=C1.[Ir]. The van der Waals surface area contributed by atoms with Gasteiger partial charge >= 0.3 is 0 Å². The first-order valence-corrected chi connectivity index (χ1v) is 6.26. The Bertz CT molecular complexity index is 316. The molecule has 2 aliphatic carbocycles. The fourth-order valence-corrected chi connectivity index (χ4v) is 1.81. The molecule has 0 saturated heterocycles. The number of rotatable bonds is 0. The molecule has 97 valence electrons. The van der Waals surface area contributed by atoms with Gasteiger partial charge in [0.1, 0.15) is 0 Å². The molecule has 2 aliphatic rings. The molecule has 1 heteroatoms. The topological polar surface area (TPSA) is 0 Å². The normalized spacial score (nSPS) is 27.4. The molecule has 0 spiro atoms. The van der Waals surface area contributed by atoms with E-state index >= 15 is 0 Å². The summed E-state index contributed by atoms with van der Waals surface area (Å²) in [6, 6.07) is 0. The van der Waals surface area contributed by atoms with Gasteiger partial charge in [-0.2, -0.15) is 6.08 Å². The average Bonchev–Trinajstić information content (AvgIpc) is 2.67. The third-order valence-corrected chi connectivity index (χ3v) is 2.92. The van der Waals surface area contributed by atoms with Crippen LogP contribution in [0.25, 0.3) is 0 Å². The minimum absolute atomic E-state index is 0. The van der Waals surface area contributed by atoms with Crippen LogP contribution in [0.1, 0.15) is 46.5 Å². The Balaban J connectivity index is 0.000000316. The van der Waals surface area contributed by atoms with Gasteiger partial charge in [0.05, 0.1) is 0 Å². The molecule has 1 atom stereocenters. The van der Waals surface area contributed by atoms with Gasteiger partial charge in [-0.1, -0.05) is 37.6 Å². The third-order valence-electron chi connectivity index (χ3n) is 2.92. The van der Waals surface area contributed by atoms with Gasteiger partial charge in [-0.3, -0.25) is 6.08 Å². The smallest absolute Gasteiger partial charge is 0 e. The van der Waals surface area contributed by atoms with Crippen LogP contribution < -0.4 is 0 Å². The minimum atomic E-state index is 0. The predicted molar refractivity (Wildman–Crippen MR) is 72.1 cm³/mol. The van der Waals surface area contributed by atoms with Crippen molar-refractivity contribution in [3.8, 4) is 0 Å². The molecule has 0 N–H and O–H groups in total. The van der Waals surface area contributed by atoms with Gasteiger partial charge in [-0.15, -0.1) is 6.42 Å². The van der Waals surface area contributed by atoms with Crippen LogP contribution in [0.4, 0.5) is 0 Å². The first-order valence-electron chi connectivity index (χ1n) is 6.26. The van der Waals surface area contributed by atoms with Crippen LogP contribution in [-0.2, 0) is 20.1 Å². The molecule has 1 radical (unpaired) electrons. The van der Waals surface area contributed by atoms with Crippen LogP contribution in [-0.4, -0.2) is 0 Å². The van der Waals surface area contributed by atoms with Crippen LogP contribution in [0.15, 0.2) is 41.5 Å². The van der Waals surface area contributed by atoms with Crippen molar-refractivity contribution in [2.24, 2.45) is 5.92 Å². The summed E-state index contributed by atoms with van der Waals surface area (Å²) < 4.78 is 0. The van der Waals surface area contributed by atoms with E-state index in [1.54, 1.807) is 0 Å². The summed E-state index contributed by atoms with van der Waals surface area (Å²) in [4.78, 5) is 0. The molecule has 0 saturated carbocycles. The van der Waals surface area contributed by atoms with E-state index in [1.807, 2.05) is 0 Å². The second-order valence-corrected chi connectivity index (χ2v) is 4.73. The second kappa shape index (κ2) is 9.62. The standard InChI is InChI=1S/C10H16.C6H7.Ir/c1-9-5-3-7-10(2)8-4-6-9;1-6-4-2-3-5-6;/h3,5,7,9H,4,6,8H2,1-2H3;2,4H,3H2,1H3;/q;-1;/b5-3-,10-7-;;. The summed E-state index contributed by atoms with van der Waals surface area (Å²) in [5.74, 6) is 0.782. The van der Waals surface area contributed by atoms with Gasteiger partial charge in [0, 0.05) is 20.1 Å². The van der Waals surface area contributed by atoms with Gasteiger partial charge in [0.2, 0.25) is 0 Å². The maximum absolute atomic E-state index is 3.12. The molecule has 0 bridgehead atoms. The van der Waals surface area contributed by atoms with E-state index in [0.29, 0.717) is 0 Å².